The number of rotatable bonds is 2. The fourth-order valence-electron chi connectivity index (χ4n) is 1.77. The Balaban J connectivity index is 2.43. The van der Waals surface area contributed by atoms with Crippen molar-refractivity contribution in [1.29, 1.82) is 0 Å². The van der Waals surface area contributed by atoms with Gasteiger partial charge in [0.25, 0.3) is 0 Å². The first-order valence-corrected chi connectivity index (χ1v) is 5.02. The number of hydrogen-bond donors (Lipinski definition) is 1. The van der Waals surface area contributed by atoms with Gasteiger partial charge in [-0.15, -0.1) is 0 Å². The summed E-state index contributed by atoms with van der Waals surface area (Å²) in [5.41, 5.74) is 4.77. The molecule has 0 aliphatic heterocycles. The summed E-state index contributed by atoms with van der Waals surface area (Å²) < 4.78 is 50.8. The summed E-state index contributed by atoms with van der Waals surface area (Å²) in [4.78, 5) is 0. The van der Waals surface area contributed by atoms with Crippen LogP contribution in [0.25, 0.3) is 0 Å². The molecule has 0 amide bonds. The lowest BCUT2D eigenvalue weighted by atomic mass is 9.97. The molecule has 88 valence electrons. The Morgan fingerprint density at radius 1 is 1.25 bits per heavy atom. The Morgan fingerprint density at radius 2 is 1.88 bits per heavy atom. The number of halogens is 4. The molecule has 1 aliphatic carbocycles. The fraction of sp³-hybridized carbons (Fsp3) is 0.455. The highest BCUT2D eigenvalue weighted by molar-refractivity contribution is 5.33. The van der Waals surface area contributed by atoms with Gasteiger partial charge in [0.2, 0.25) is 0 Å². The topological polar surface area (TPSA) is 26.0 Å². The highest BCUT2D eigenvalue weighted by Crippen LogP contribution is 2.43. The highest BCUT2D eigenvalue weighted by atomic mass is 19.4. The maximum absolute atomic E-state index is 12.8. The summed E-state index contributed by atoms with van der Waals surface area (Å²) in [5, 5.41) is 0. The summed E-state index contributed by atoms with van der Waals surface area (Å²) in [5.74, 6) is -0.786. The number of benzene rings is 1. The lowest BCUT2D eigenvalue weighted by Crippen LogP contribution is -2.19. The van der Waals surface area contributed by atoms with Crippen molar-refractivity contribution in [3.63, 3.8) is 0 Å². The second kappa shape index (κ2) is 3.73. The van der Waals surface area contributed by atoms with E-state index in [1.165, 1.54) is 0 Å². The third-order valence-corrected chi connectivity index (χ3v) is 2.81. The number of nitrogens with two attached hydrogens (primary N) is 1. The standard InChI is InChI=1S/C11H11F4N/c12-7-3-4-8(10(16)6-1-2-6)9(5-7)11(13,14)15/h3-6,10H,1-2,16H2/t10-/m0/s1. The van der Waals surface area contributed by atoms with E-state index >= 15 is 0 Å². The largest absolute Gasteiger partial charge is 0.416 e. The maximum Gasteiger partial charge on any atom is 0.416 e. The molecule has 0 bridgehead atoms. The van der Waals surface area contributed by atoms with Crippen LogP contribution in [0, 0.1) is 11.7 Å². The first-order valence-electron chi connectivity index (χ1n) is 5.02. The van der Waals surface area contributed by atoms with Crippen molar-refractivity contribution >= 4 is 0 Å². The fourth-order valence-corrected chi connectivity index (χ4v) is 1.77. The molecule has 5 heteroatoms. The zero-order valence-corrected chi connectivity index (χ0v) is 8.39. The maximum atomic E-state index is 12.8. The molecule has 1 aromatic carbocycles. The quantitative estimate of drug-likeness (QED) is 0.779. The molecular formula is C11H11F4N. The summed E-state index contributed by atoms with van der Waals surface area (Å²) >= 11 is 0. The minimum absolute atomic E-state index is 0.00333. The van der Waals surface area contributed by atoms with E-state index in [4.69, 9.17) is 5.73 Å². The van der Waals surface area contributed by atoms with Crippen molar-refractivity contribution in [2.75, 3.05) is 0 Å². The lowest BCUT2D eigenvalue weighted by Gasteiger charge is -2.17. The van der Waals surface area contributed by atoms with Crippen molar-refractivity contribution in [3.8, 4) is 0 Å². The van der Waals surface area contributed by atoms with Gasteiger partial charge >= 0.3 is 6.18 Å². The molecule has 0 heterocycles. The van der Waals surface area contributed by atoms with Crippen molar-refractivity contribution in [3.05, 3.63) is 35.1 Å². The average Bonchev–Trinajstić information content (AvgIpc) is 2.98. The summed E-state index contributed by atoms with van der Waals surface area (Å²) in [7, 11) is 0. The molecule has 0 saturated heterocycles. The monoisotopic (exact) mass is 233 g/mol. The van der Waals surface area contributed by atoms with Crippen LogP contribution in [-0.4, -0.2) is 0 Å². The van der Waals surface area contributed by atoms with Crippen LogP contribution < -0.4 is 5.73 Å². The van der Waals surface area contributed by atoms with Crippen molar-refractivity contribution in [2.45, 2.75) is 25.1 Å². The molecule has 0 spiro atoms. The Hall–Kier alpha value is -1.10. The van der Waals surface area contributed by atoms with Crippen molar-refractivity contribution in [1.82, 2.24) is 0 Å². The zero-order chi connectivity index (χ0) is 11.9. The van der Waals surface area contributed by atoms with Gasteiger partial charge in [-0.05, 0) is 36.5 Å². The lowest BCUT2D eigenvalue weighted by molar-refractivity contribution is -0.138. The molecule has 1 nitrogen and oxygen atoms in total. The third kappa shape index (κ3) is 2.19. The van der Waals surface area contributed by atoms with Crippen LogP contribution in [0.1, 0.15) is 30.0 Å². The number of hydrogen-bond acceptors (Lipinski definition) is 1. The Kier molecular flexibility index (Phi) is 2.66. The zero-order valence-electron chi connectivity index (χ0n) is 8.39. The second-order valence-corrected chi connectivity index (χ2v) is 4.09. The molecule has 2 rings (SSSR count). The highest BCUT2D eigenvalue weighted by Gasteiger charge is 2.38. The van der Waals surface area contributed by atoms with E-state index in [-0.39, 0.29) is 11.5 Å². The molecule has 1 fully saturated rings. The third-order valence-electron chi connectivity index (χ3n) is 2.81. The van der Waals surface area contributed by atoms with Gasteiger partial charge in [0.05, 0.1) is 5.56 Å². The summed E-state index contributed by atoms with van der Waals surface area (Å²) in [6.45, 7) is 0. The van der Waals surface area contributed by atoms with Crippen molar-refractivity contribution in [2.24, 2.45) is 11.7 Å². The molecule has 0 radical (unpaired) electrons. The van der Waals surface area contributed by atoms with Gasteiger partial charge in [-0.3, -0.25) is 0 Å². The Bertz CT molecular complexity index is 395. The van der Waals surface area contributed by atoms with Gasteiger partial charge < -0.3 is 5.73 Å². The molecule has 0 aromatic heterocycles. The average molecular weight is 233 g/mol. The second-order valence-electron chi connectivity index (χ2n) is 4.09. The first-order chi connectivity index (χ1) is 7.39. The van der Waals surface area contributed by atoms with Crippen molar-refractivity contribution < 1.29 is 17.6 Å². The molecular weight excluding hydrogens is 222 g/mol. The molecule has 2 N–H and O–H groups in total. The van der Waals surface area contributed by atoms with Crippen LogP contribution in [-0.2, 0) is 6.18 Å². The van der Waals surface area contributed by atoms with E-state index in [9.17, 15) is 17.6 Å². The summed E-state index contributed by atoms with van der Waals surface area (Å²) in [6.07, 6.45) is -2.87. The van der Waals surface area contributed by atoms with Gasteiger partial charge in [-0.2, -0.15) is 13.2 Å². The van der Waals surface area contributed by atoms with E-state index in [1.54, 1.807) is 0 Å². The van der Waals surface area contributed by atoms with E-state index in [2.05, 4.69) is 0 Å². The van der Waals surface area contributed by atoms with Crippen LogP contribution in [0.2, 0.25) is 0 Å². The predicted molar refractivity (Wildman–Crippen MR) is 51.1 cm³/mol. The first kappa shape index (κ1) is 11.4. The van der Waals surface area contributed by atoms with Crippen LogP contribution in [0.4, 0.5) is 17.6 Å². The molecule has 0 unspecified atom stereocenters. The van der Waals surface area contributed by atoms with E-state index in [1.807, 2.05) is 0 Å². The van der Waals surface area contributed by atoms with Gasteiger partial charge in [0.1, 0.15) is 5.82 Å². The SMILES string of the molecule is N[C@H](c1ccc(F)cc1C(F)(F)F)C1CC1. The summed E-state index contributed by atoms with van der Waals surface area (Å²) in [6, 6.07) is 2.03. The van der Waals surface area contributed by atoms with Gasteiger partial charge in [0.15, 0.2) is 0 Å². The minimum Gasteiger partial charge on any atom is -0.324 e. The molecule has 1 atom stereocenters. The predicted octanol–water partition coefficient (Wildman–Crippen LogP) is 3.25. The smallest absolute Gasteiger partial charge is 0.324 e. The number of alkyl halides is 3. The van der Waals surface area contributed by atoms with Gasteiger partial charge in [-0.1, -0.05) is 6.07 Å². The minimum atomic E-state index is -4.55. The molecule has 1 aromatic rings. The molecule has 1 saturated carbocycles. The van der Waals surface area contributed by atoms with Crippen LogP contribution in [0.15, 0.2) is 18.2 Å². The van der Waals surface area contributed by atoms with Crippen LogP contribution in [0.3, 0.4) is 0 Å². The normalized spacial score (nSPS) is 18.6. The van der Waals surface area contributed by atoms with Gasteiger partial charge in [0, 0.05) is 6.04 Å². The molecule has 16 heavy (non-hydrogen) atoms. The van der Waals surface area contributed by atoms with Gasteiger partial charge in [-0.25, -0.2) is 4.39 Å². The van der Waals surface area contributed by atoms with E-state index in [0.717, 1.165) is 25.0 Å². The Morgan fingerprint density at radius 3 is 2.38 bits per heavy atom. The molecule has 1 aliphatic rings. The van der Waals surface area contributed by atoms with Crippen LogP contribution in [0.5, 0.6) is 0 Å². The van der Waals surface area contributed by atoms with Crippen LogP contribution >= 0.6 is 0 Å². The Labute approximate surface area is 90.3 Å². The van der Waals surface area contributed by atoms with E-state index < -0.39 is 23.6 Å². The van der Waals surface area contributed by atoms with E-state index in [0.29, 0.717) is 6.07 Å².